The van der Waals surface area contributed by atoms with Gasteiger partial charge in [-0.2, -0.15) is 5.10 Å². The third-order valence-electron chi connectivity index (χ3n) is 3.10. The molecule has 1 aromatic heterocycles. The van der Waals surface area contributed by atoms with Crippen molar-refractivity contribution in [3.8, 4) is 11.4 Å². The third-order valence-corrected chi connectivity index (χ3v) is 3.10. The Kier molecular flexibility index (Phi) is 3.51. The standard InChI is InChI=1S/C15H21N3O/c1-15(2,3)12-7-6-11(10-13(12)19-5)18-9-8-14(16-4)17-18/h6-10H,1-5H3,(H,16,17). The highest BCUT2D eigenvalue weighted by atomic mass is 16.5. The van der Waals surface area contributed by atoms with Crippen LogP contribution < -0.4 is 10.1 Å². The van der Waals surface area contributed by atoms with Crippen molar-refractivity contribution in [3.63, 3.8) is 0 Å². The Balaban J connectivity index is 2.44. The smallest absolute Gasteiger partial charge is 0.148 e. The summed E-state index contributed by atoms with van der Waals surface area (Å²) in [5, 5.41) is 7.43. The van der Waals surface area contributed by atoms with Crippen molar-refractivity contribution < 1.29 is 4.74 Å². The molecule has 0 aliphatic rings. The monoisotopic (exact) mass is 259 g/mol. The molecule has 1 heterocycles. The Hall–Kier alpha value is -1.97. The molecule has 19 heavy (non-hydrogen) atoms. The molecule has 2 rings (SSSR count). The normalized spacial score (nSPS) is 11.4. The predicted octanol–water partition coefficient (Wildman–Crippen LogP) is 3.22. The number of nitrogens with zero attached hydrogens (tertiary/aromatic N) is 2. The number of ether oxygens (including phenoxy) is 1. The molecule has 0 bridgehead atoms. The highest BCUT2D eigenvalue weighted by molar-refractivity contribution is 5.48. The summed E-state index contributed by atoms with van der Waals surface area (Å²) in [6, 6.07) is 8.13. The van der Waals surface area contributed by atoms with Crippen LogP contribution in [0.2, 0.25) is 0 Å². The lowest BCUT2D eigenvalue weighted by Gasteiger charge is -2.22. The van der Waals surface area contributed by atoms with Crippen LogP contribution in [-0.2, 0) is 5.41 Å². The summed E-state index contributed by atoms with van der Waals surface area (Å²) in [6.45, 7) is 6.53. The molecule has 0 fully saturated rings. The molecule has 0 amide bonds. The fraction of sp³-hybridized carbons (Fsp3) is 0.400. The fourth-order valence-electron chi connectivity index (χ4n) is 2.04. The van der Waals surface area contributed by atoms with Gasteiger partial charge in [-0.3, -0.25) is 0 Å². The Morgan fingerprint density at radius 1 is 1.21 bits per heavy atom. The molecule has 0 saturated heterocycles. The number of anilines is 1. The van der Waals surface area contributed by atoms with E-state index < -0.39 is 0 Å². The zero-order valence-corrected chi connectivity index (χ0v) is 12.2. The predicted molar refractivity (Wildman–Crippen MR) is 78.4 cm³/mol. The largest absolute Gasteiger partial charge is 0.496 e. The summed E-state index contributed by atoms with van der Waals surface area (Å²) >= 11 is 0. The average Bonchev–Trinajstić information content (AvgIpc) is 2.85. The van der Waals surface area contributed by atoms with E-state index in [-0.39, 0.29) is 5.41 Å². The maximum atomic E-state index is 5.51. The highest BCUT2D eigenvalue weighted by Crippen LogP contribution is 2.32. The van der Waals surface area contributed by atoms with Gasteiger partial charge < -0.3 is 10.1 Å². The average molecular weight is 259 g/mol. The Labute approximate surface area is 114 Å². The first-order valence-electron chi connectivity index (χ1n) is 6.38. The van der Waals surface area contributed by atoms with Crippen LogP contribution in [0.15, 0.2) is 30.5 Å². The summed E-state index contributed by atoms with van der Waals surface area (Å²) in [5.74, 6) is 1.74. The van der Waals surface area contributed by atoms with Gasteiger partial charge in [-0.05, 0) is 17.0 Å². The van der Waals surface area contributed by atoms with E-state index in [2.05, 4.69) is 43.3 Å². The molecule has 0 spiro atoms. The van der Waals surface area contributed by atoms with Crippen molar-refractivity contribution in [2.24, 2.45) is 0 Å². The second-order valence-corrected chi connectivity index (χ2v) is 5.53. The van der Waals surface area contributed by atoms with Crippen LogP contribution in [0, 0.1) is 0 Å². The number of rotatable bonds is 3. The van der Waals surface area contributed by atoms with Gasteiger partial charge in [0.15, 0.2) is 0 Å². The van der Waals surface area contributed by atoms with E-state index >= 15 is 0 Å². The van der Waals surface area contributed by atoms with Gasteiger partial charge in [-0.1, -0.05) is 26.8 Å². The number of methoxy groups -OCH3 is 1. The minimum absolute atomic E-state index is 0.0596. The number of nitrogens with one attached hydrogen (secondary N) is 1. The zero-order valence-electron chi connectivity index (χ0n) is 12.2. The van der Waals surface area contributed by atoms with E-state index in [9.17, 15) is 0 Å². The van der Waals surface area contributed by atoms with Crippen LogP contribution in [0.1, 0.15) is 26.3 Å². The minimum Gasteiger partial charge on any atom is -0.496 e. The Morgan fingerprint density at radius 2 is 1.95 bits per heavy atom. The molecular formula is C15H21N3O. The van der Waals surface area contributed by atoms with E-state index in [1.807, 2.05) is 30.1 Å². The zero-order chi connectivity index (χ0) is 14.0. The third kappa shape index (κ3) is 2.72. The van der Waals surface area contributed by atoms with E-state index in [1.54, 1.807) is 7.11 Å². The van der Waals surface area contributed by atoms with Gasteiger partial charge in [0.2, 0.25) is 0 Å². The van der Waals surface area contributed by atoms with Gasteiger partial charge in [0, 0.05) is 25.4 Å². The van der Waals surface area contributed by atoms with Crippen LogP contribution in [0.25, 0.3) is 5.69 Å². The molecule has 0 saturated carbocycles. The first-order valence-corrected chi connectivity index (χ1v) is 6.38. The lowest BCUT2D eigenvalue weighted by Crippen LogP contribution is -2.13. The summed E-state index contributed by atoms with van der Waals surface area (Å²) in [4.78, 5) is 0. The van der Waals surface area contributed by atoms with Crippen molar-refractivity contribution in [3.05, 3.63) is 36.0 Å². The lowest BCUT2D eigenvalue weighted by molar-refractivity contribution is 0.397. The maximum Gasteiger partial charge on any atom is 0.148 e. The molecule has 2 aromatic rings. The molecule has 0 unspecified atom stereocenters. The second kappa shape index (κ2) is 4.96. The topological polar surface area (TPSA) is 39.1 Å². The molecule has 0 aliphatic carbocycles. The van der Waals surface area contributed by atoms with E-state index in [0.717, 1.165) is 17.3 Å². The molecule has 0 atom stereocenters. The molecule has 102 valence electrons. The lowest BCUT2D eigenvalue weighted by atomic mass is 9.86. The van der Waals surface area contributed by atoms with Crippen LogP contribution >= 0.6 is 0 Å². The SMILES string of the molecule is CNc1ccn(-c2ccc(C(C)(C)C)c(OC)c2)n1. The van der Waals surface area contributed by atoms with Gasteiger partial charge in [0.1, 0.15) is 11.6 Å². The van der Waals surface area contributed by atoms with Crippen LogP contribution in [0.3, 0.4) is 0 Å². The molecule has 0 aliphatic heterocycles. The molecular weight excluding hydrogens is 238 g/mol. The summed E-state index contributed by atoms with van der Waals surface area (Å²) in [7, 11) is 3.56. The quantitative estimate of drug-likeness (QED) is 0.920. The van der Waals surface area contributed by atoms with E-state index in [1.165, 1.54) is 5.56 Å². The van der Waals surface area contributed by atoms with Gasteiger partial charge in [0.25, 0.3) is 0 Å². The number of hydrogen-bond acceptors (Lipinski definition) is 3. The van der Waals surface area contributed by atoms with Gasteiger partial charge >= 0.3 is 0 Å². The summed E-state index contributed by atoms with van der Waals surface area (Å²) in [5.41, 5.74) is 2.25. The molecule has 0 radical (unpaired) electrons. The molecule has 4 nitrogen and oxygen atoms in total. The van der Waals surface area contributed by atoms with Crippen molar-refractivity contribution in [1.82, 2.24) is 9.78 Å². The summed E-state index contributed by atoms with van der Waals surface area (Å²) < 4.78 is 7.34. The van der Waals surface area contributed by atoms with Crippen molar-refractivity contribution in [2.45, 2.75) is 26.2 Å². The van der Waals surface area contributed by atoms with Crippen LogP contribution in [-0.4, -0.2) is 23.9 Å². The molecule has 1 aromatic carbocycles. The highest BCUT2D eigenvalue weighted by Gasteiger charge is 2.19. The van der Waals surface area contributed by atoms with Gasteiger partial charge in [-0.15, -0.1) is 0 Å². The fourth-order valence-corrected chi connectivity index (χ4v) is 2.04. The number of hydrogen-bond donors (Lipinski definition) is 1. The Bertz CT molecular complexity index is 567. The number of aromatic nitrogens is 2. The Morgan fingerprint density at radius 3 is 2.47 bits per heavy atom. The first kappa shape index (κ1) is 13.5. The van der Waals surface area contributed by atoms with E-state index in [4.69, 9.17) is 4.74 Å². The minimum atomic E-state index is 0.0596. The van der Waals surface area contributed by atoms with Crippen LogP contribution in [0.4, 0.5) is 5.82 Å². The van der Waals surface area contributed by atoms with Gasteiger partial charge in [-0.25, -0.2) is 4.68 Å². The summed E-state index contributed by atoms with van der Waals surface area (Å²) in [6.07, 6.45) is 1.93. The van der Waals surface area contributed by atoms with Crippen molar-refractivity contribution in [1.29, 1.82) is 0 Å². The first-order chi connectivity index (χ1) is 8.95. The van der Waals surface area contributed by atoms with Crippen molar-refractivity contribution >= 4 is 5.82 Å². The van der Waals surface area contributed by atoms with Crippen LogP contribution in [0.5, 0.6) is 5.75 Å². The van der Waals surface area contributed by atoms with Gasteiger partial charge in [0.05, 0.1) is 12.8 Å². The van der Waals surface area contributed by atoms with Crippen molar-refractivity contribution in [2.75, 3.05) is 19.5 Å². The number of benzene rings is 1. The molecule has 4 heteroatoms. The molecule has 1 N–H and O–H groups in total. The maximum absolute atomic E-state index is 5.51. The second-order valence-electron chi connectivity index (χ2n) is 5.53. The van der Waals surface area contributed by atoms with E-state index in [0.29, 0.717) is 0 Å².